The average molecular weight is 354 g/mol. The van der Waals surface area contributed by atoms with Crippen LogP contribution in [0, 0.1) is 13.5 Å². The highest BCUT2D eigenvalue weighted by atomic mass is 16.5. The van der Waals surface area contributed by atoms with Crippen LogP contribution in [0.4, 0.5) is 5.69 Å². The molecule has 0 amide bonds. The van der Waals surface area contributed by atoms with Gasteiger partial charge in [-0.1, -0.05) is 24.3 Å². The highest BCUT2D eigenvalue weighted by Crippen LogP contribution is 2.28. The van der Waals surface area contributed by atoms with Crippen molar-refractivity contribution >= 4 is 11.7 Å². The van der Waals surface area contributed by atoms with E-state index in [9.17, 15) is 9.90 Å². The summed E-state index contributed by atoms with van der Waals surface area (Å²) in [5.41, 5.74) is 3.59. The Labute approximate surface area is 153 Å². The van der Waals surface area contributed by atoms with Gasteiger partial charge in [0.25, 0.3) is 0 Å². The van der Waals surface area contributed by atoms with Crippen LogP contribution >= 0.6 is 0 Å². The summed E-state index contributed by atoms with van der Waals surface area (Å²) in [7, 11) is 0. The fourth-order valence-corrected chi connectivity index (χ4v) is 2.56. The van der Waals surface area contributed by atoms with Gasteiger partial charge in [-0.15, -0.1) is 0 Å². The second kappa shape index (κ2) is 9.54. The topological polar surface area (TPSA) is 73.0 Å². The van der Waals surface area contributed by atoms with Crippen molar-refractivity contribution in [2.45, 2.75) is 39.9 Å². The van der Waals surface area contributed by atoms with Gasteiger partial charge in [-0.2, -0.15) is 0 Å². The normalized spacial score (nSPS) is 10.2. The highest BCUT2D eigenvalue weighted by molar-refractivity contribution is 5.70. The number of aromatic nitrogens is 1. The van der Waals surface area contributed by atoms with E-state index in [4.69, 9.17) is 16.0 Å². The van der Waals surface area contributed by atoms with Crippen molar-refractivity contribution in [3.8, 4) is 5.75 Å². The summed E-state index contributed by atoms with van der Waals surface area (Å²) >= 11 is 0. The van der Waals surface area contributed by atoms with Crippen molar-refractivity contribution in [1.29, 1.82) is 0 Å². The predicted octanol–water partition coefficient (Wildman–Crippen LogP) is 3.51. The van der Waals surface area contributed by atoms with E-state index in [2.05, 4.69) is 9.83 Å². The number of nitrogens with zero attached hydrogens (tertiary/aromatic N) is 2. The Morgan fingerprint density at radius 2 is 2.04 bits per heavy atom. The SMILES string of the molecule is [C-]#[N+]c1ccc(COc2c(C)ncc(CO)c2CCC(=O)OCC)cc1. The molecule has 0 bridgehead atoms. The van der Waals surface area contributed by atoms with Gasteiger partial charge in [-0.05, 0) is 25.8 Å². The number of carbonyl (C=O) groups is 1. The lowest BCUT2D eigenvalue weighted by Gasteiger charge is -2.16. The molecule has 6 heteroatoms. The molecular weight excluding hydrogens is 332 g/mol. The zero-order valence-corrected chi connectivity index (χ0v) is 15.0. The molecule has 2 rings (SSSR count). The van der Waals surface area contributed by atoms with E-state index >= 15 is 0 Å². The van der Waals surface area contributed by atoms with Crippen molar-refractivity contribution in [2.75, 3.05) is 6.61 Å². The van der Waals surface area contributed by atoms with Gasteiger partial charge in [0.1, 0.15) is 12.4 Å². The molecule has 1 N–H and O–H groups in total. The van der Waals surface area contributed by atoms with Crippen molar-refractivity contribution in [1.82, 2.24) is 4.98 Å². The minimum atomic E-state index is -0.286. The molecule has 0 aliphatic heterocycles. The number of pyridine rings is 1. The van der Waals surface area contributed by atoms with Gasteiger partial charge in [0, 0.05) is 23.7 Å². The van der Waals surface area contributed by atoms with E-state index in [1.807, 2.05) is 19.1 Å². The number of rotatable bonds is 8. The van der Waals surface area contributed by atoms with Gasteiger partial charge in [0.05, 0.1) is 25.5 Å². The Kier molecular flexibility index (Phi) is 7.12. The van der Waals surface area contributed by atoms with Gasteiger partial charge in [-0.25, -0.2) is 4.85 Å². The number of ether oxygens (including phenoxy) is 2. The van der Waals surface area contributed by atoms with Crippen LogP contribution in [0.3, 0.4) is 0 Å². The Hall–Kier alpha value is -2.91. The van der Waals surface area contributed by atoms with Crippen LogP contribution < -0.4 is 4.74 Å². The Bertz CT molecular complexity index is 795. The van der Waals surface area contributed by atoms with Gasteiger partial charge in [0.2, 0.25) is 0 Å². The van der Waals surface area contributed by atoms with E-state index < -0.39 is 0 Å². The number of aliphatic hydroxyl groups is 1. The van der Waals surface area contributed by atoms with Crippen LogP contribution in [-0.4, -0.2) is 22.7 Å². The maximum atomic E-state index is 11.7. The Morgan fingerprint density at radius 3 is 2.65 bits per heavy atom. The molecule has 0 saturated heterocycles. The minimum Gasteiger partial charge on any atom is -0.487 e. The molecule has 0 unspecified atom stereocenters. The predicted molar refractivity (Wildman–Crippen MR) is 96.9 cm³/mol. The molecule has 0 aliphatic carbocycles. The molecule has 0 fully saturated rings. The quantitative estimate of drug-likeness (QED) is 0.580. The first-order valence-corrected chi connectivity index (χ1v) is 8.42. The third kappa shape index (κ3) is 5.04. The van der Waals surface area contributed by atoms with Crippen LogP contribution in [-0.2, 0) is 29.2 Å². The van der Waals surface area contributed by atoms with Crippen molar-refractivity contribution in [3.63, 3.8) is 0 Å². The number of aliphatic hydroxyl groups excluding tert-OH is 1. The van der Waals surface area contributed by atoms with E-state index in [1.165, 1.54) is 0 Å². The molecule has 1 aromatic carbocycles. The van der Waals surface area contributed by atoms with Gasteiger partial charge < -0.3 is 14.6 Å². The number of esters is 1. The molecular formula is C20H22N2O4. The number of hydrogen-bond donors (Lipinski definition) is 1. The molecule has 0 aliphatic rings. The lowest BCUT2D eigenvalue weighted by Crippen LogP contribution is -2.10. The summed E-state index contributed by atoms with van der Waals surface area (Å²) in [5.74, 6) is 0.293. The van der Waals surface area contributed by atoms with Crippen molar-refractivity contribution in [3.05, 3.63) is 64.3 Å². The summed E-state index contributed by atoms with van der Waals surface area (Å²) in [6.07, 6.45) is 2.22. The third-order valence-electron chi connectivity index (χ3n) is 3.91. The number of benzene rings is 1. The molecule has 6 nitrogen and oxygen atoms in total. The van der Waals surface area contributed by atoms with Gasteiger partial charge in [-0.3, -0.25) is 9.78 Å². The molecule has 136 valence electrons. The molecule has 26 heavy (non-hydrogen) atoms. The Morgan fingerprint density at radius 1 is 1.31 bits per heavy atom. The van der Waals surface area contributed by atoms with E-state index in [1.54, 1.807) is 25.3 Å². The fourth-order valence-electron chi connectivity index (χ4n) is 2.56. The molecule has 2 aromatic rings. The van der Waals surface area contributed by atoms with Crippen LogP contribution in [0.5, 0.6) is 5.75 Å². The average Bonchev–Trinajstić information content (AvgIpc) is 2.66. The summed E-state index contributed by atoms with van der Waals surface area (Å²) in [4.78, 5) is 19.3. The largest absolute Gasteiger partial charge is 0.487 e. The zero-order chi connectivity index (χ0) is 18.9. The summed E-state index contributed by atoms with van der Waals surface area (Å²) in [6.45, 7) is 11.0. The fraction of sp³-hybridized carbons (Fsp3) is 0.350. The lowest BCUT2D eigenvalue weighted by molar-refractivity contribution is -0.143. The van der Waals surface area contributed by atoms with Gasteiger partial charge >= 0.3 is 5.97 Å². The van der Waals surface area contributed by atoms with E-state index in [-0.39, 0.29) is 19.0 Å². The first-order chi connectivity index (χ1) is 12.6. The van der Waals surface area contributed by atoms with Crippen LogP contribution in [0.25, 0.3) is 4.85 Å². The second-order valence-corrected chi connectivity index (χ2v) is 5.71. The first kappa shape index (κ1) is 19.4. The summed E-state index contributed by atoms with van der Waals surface area (Å²) in [5, 5.41) is 9.61. The molecule has 0 radical (unpaired) electrons. The maximum absolute atomic E-state index is 11.7. The Balaban J connectivity index is 2.19. The minimum absolute atomic E-state index is 0.179. The second-order valence-electron chi connectivity index (χ2n) is 5.71. The van der Waals surface area contributed by atoms with E-state index in [0.29, 0.717) is 42.3 Å². The molecule has 1 aromatic heterocycles. The van der Waals surface area contributed by atoms with E-state index in [0.717, 1.165) is 11.1 Å². The van der Waals surface area contributed by atoms with Gasteiger partial charge in [0.15, 0.2) is 5.69 Å². The van der Waals surface area contributed by atoms with Crippen LogP contribution in [0.1, 0.15) is 35.7 Å². The number of aryl methyl sites for hydroxylation is 1. The summed E-state index contributed by atoms with van der Waals surface area (Å²) in [6, 6.07) is 7.15. The molecule has 0 saturated carbocycles. The summed E-state index contributed by atoms with van der Waals surface area (Å²) < 4.78 is 10.9. The maximum Gasteiger partial charge on any atom is 0.306 e. The standard InChI is InChI=1S/C20H22N2O4/c1-4-25-19(24)10-9-18-16(12-23)11-22-14(2)20(18)26-13-15-5-7-17(21-3)8-6-15/h5-8,11,23H,4,9-10,12-13H2,1-2H3. The van der Waals surface area contributed by atoms with Crippen molar-refractivity contribution in [2.24, 2.45) is 0 Å². The number of hydrogen-bond acceptors (Lipinski definition) is 5. The zero-order valence-electron chi connectivity index (χ0n) is 15.0. The molecule has 0 atom stereocenters. The highest BCUT2D eigenvalue weighted by Gasteiger charge is 2.16. The monoisotopic (exact) mass is 354 g/mol. The lowest BCUT2D eigenvalue weighted by atomic mass is 10.0. The first-order valence-electron chi connectivity index (χ1n) is 8.42. The number of carbonyl (C=O) groups excluding carboxylic acids is 1. The molecule has 0 spiro atoms. The third-order valence-corrected chi connectivity index (χ3v) is 3.91. The smallest absolute Gasteiger partial charge is 0.306 e. The van der Waals surface area contributed by atoms with Crippen LogP contribution in [0.15, 0.2) is 30.5 Å². The van der Waals surface area contributed by atoms with Crippen LogP contribution in [0.2, 0.25) is 0 Å². The molecule has 1 heterocycles. The van der Waals surface area contributed by atoms with Crippen molar-refractivity contribution < 1.29 is 19.4 Å².